The summed E-state index contributed by atoms with van der Waals surface area (Å²) in [5.74, 6) is -2.05. The molecular formula is C23H23BrClN3O5. The summed E-state index contributed by atoms with van der Waals surface area (Å²) < 4.78 is 5.52. The van der Waals surface area contributed by atoms with E-state index in [2.05, 4.69) is 31.9 Å². The van der Waals surface area contributed by atoms with Crippen LogP contribution >= 0.6 is 27.5 Å². The van der Waals surface area contributed by atoms with Crippen LogP contribution in [0.25, 0.3) is 0 Å². The average molecular weight is 537 g/mol. The first kappa shape index (κ1) is 24.7. The van der Waals surface area contributed by atoms with Crippen LogP contribution in [0, 0.1) is 0 Å². The predicted octanol–water partition coefficient (Wildman–Crippen LogP) is 1.92. The lowest BCUT2D eigenvalue weighted by molar-refractivity contribution is -0.145. The third-order valence-electron chi connectivity index (χ3n) is 5.19. The van der Waals surface area contributed by atoms with E-state index >= 15 is 0 Å². The molecule has 1 aliphatic heterocycles. The number of nitrogens with one attached hydrogen (secondary N) is 3. The van der Waals surface area contributed by atoms with Crippen molar-refractivity contribution in [2.75, 3.05) is 7.11 Å². The van der Waals surface area contributed by atoms with Gasteiger partial charge in [-0.25, -0.2) is 4.79 Å². The lowest BCUT2D eigenvalue weighted by atomic mass is 10.0. The normalized spacial score (nSPS) is 18.6. The van der Waals surface area contributed by atoms with E-state index in [0.717, 1.165) is 10.0 Å². The second-order valence-electron chi connectivity index (χ2n) is 7.60. The molecule has 33 heavy (non-hydrogen) atoms. The fourth-order valence-corrected chi connectivity index (χ4v) is 4.11. The Kier molecular flexibility index (Phi) is 8.46. The topological polar surface area (TPSA) is 114 Å². The summed E-state index contributed by atoms with van der Waals surface area (Å²) in [6, 6.07) is 11.6. The van der Waals surface area contributed by atoms with Crippen LogP contribution in [0.5, 0.6) is 0 Å². The number of hydrogen-bond donors (Lipinski definition) is 3. The molecular weight excluding hydrogens is 514 g/mol. The smallest absolute Gasteiger partial charge is 0.328 e. The van der Waals surface area contributed by atoms with Crippen LogP contribution in [0.15, 0.2) is 53.0 Å². The molecule has 0 aliphatic carbocycles. The molecule has 1 aliphatic rings. The molecule has 0 unspecified atom stereocenters. The quantitative estimate of drug-likeness (QED) is 0.446. The fraction of sp³-hybridized carbons (Fsp3) is 0.304. The Morgan fingerprint density at radius 1 is 1.09 bits per heavy atom. The number of methoxy groups -OCH3 is 1. The number of hydrogen-bond acceptors (Lipinski definition) is 5. The van der Waals surface area contributed by atoms with Gasteiger partial charge in [0.1, 0.15) is 18.1 Å². The standard InChI is InChI=1S/C23H23BrClN3O5/c1-33-23(32)19(11-14-10-15(25)7-8-16(14)24)26-20(29)12-18-22(31)27-17(21(30)28-18)9-13-5-3-2-4-6-13/h2-8,10,17-19H,9,11-12H2,1H3,(H,26,29)(H,27,31)(H,28,30)/t17-,18-,19-/m0/s1. The second-order valence-corrected chi connectivity index (χ2v) is 8.89. The SMILES string of the molecule is COC(=O)[C@H](Cc1cc(Cl)ccc1Br)NC(=O)C[C@@H]1NC(=O)[C@H](Cc2ccccc2)NC1=O. The van der Waals surface area contributed by atoms with Gasteiger partial charge in [0.05, 0.1) is 13.5 Å². The molecule has 3 N–H and O–H groups in total. The van der Waals surface area contributed by atoms with E-state index in [0.29, 0.717) is 17.0 Å². The van der Waals surface area contributed by atoms with Gasteiger partial charge in [0.15, 0.2) is 0 Å². The van der Waals surface area contributed by atoms with Crippen LogP contribution in [0.4, 0.5) is 0 Å². The Hall–Kier alpha value is -2.91. The first-order valence-electron chi connectivity index (χ1n) is 10.2. The Balaban J connectivity index is 1.61. The maximum Gasteiger partial charge on any atom is 0.328 e. The summed E-state index contributed by atoms with van der Waals surface area (Å²) in [5.41, 5.74) is 1.60. The van der Waals surface area contributed by atoms with Gasteiger partial charge in [-0.2, -0.15) is 0 Å². The maximum atomic E-state index is 12.6. The third kappa shape index (κ3) is 6.79. The Morgan fingerprint density at radius 3 is 2.45 bits per heavy atom. The molecule has 0 saturated carbocycles. The zero-order chi connectivity index (χ0) is 24.0. The van der Waals surface area contributed by atoms with Crippen molar-refractivity contribution >= 4 is 51.2 Å². The molecule has 0 spiro atoms. The highest BCUT2D eigenvalue weighted by Gasteiger charge is 2.35. The minimum absolute atomic E-state index is 0.127. The Labute approximate surface area is 204 Å². The van der Waals surface area contributed by atoms with Crippen molar-refractivity contribution in [2.45, 2.75) is 37.4 Å². The number of carbonyl (C=O) groups is 4. The predicted molar refractivity (Wildman–Crippen MR) is 125 cm³/mol. The van der Waals surface area contributed by atoms with Gasteiger partial charge >= 0.3 is 5.97 Å². The zero-order valence-electron chi connectivity index (χ0n) is 17.8. The van der Waals surface area contributed by atoms with Crippen LogP contribution in [0.2, 0.25) is 5.02 Å². The van der Waals surface area contributed by atoms with Crippen LogP contribution in [0.3, 0.4) is 0 Å². The highest BCUT2D eigenvalue weighted by molar-refractivity contribution is 9.10. The Bertz CT molecular complexity index is 1050. The molecule has 3 atom stereocenters. The third-order valence-corrected chi connectivity index (χ3v) is 6.20. The molecule has 174 valence electrons. The van der Waals surface area contributed by atoms with Crippen molar-refractivity contribution in [2.24, 2.45) is 0 Å². The lowest BCUT2D eigenvalue weighted by Crippen LogP contribution is -2.63. The van der Waals surface area contributed by atoms with E-state index in [1.807, 2.05) is 30.3 Å². The molecule has 10 heteroatoms. The molecule has 2 aromatic rings. The summed E-state index contributed by atoms with van der Waals surface area (Å²) >= 11 is 9.43. The van der Waals surface area contributed by atoms with Crippen molar-refractivity contribution in [3.8, 4) is 0 Å². The second kappa shape index (κ2) is 11.3. The van der Waals surface area contributed by atoms with Crippen molar-refractivity contribution < 1.29 is 23.9 Å². The van der Waals surface area contributed by atoms with Crippen LogP contribution in [0.1, 0.15) is 17.5 Å². The van der Waals surface area contributed by atoms with E-state index in [-0.39, 0.29) is 18.7 Å². The summed E-state index contributed by atoms with van der Waals surface area (Å²) in [6.45, 7) is 0. The fourth-order valence-electron chi connectivity index (χ4n) is 3.51. The van der Waals surface area contributed by atoms with Gasteiger partial charge in [-0.1, -0.05) is 57.9 Å². The van der Waals surface area contributed by atoms with Gasteiger partial charge < -0.3 is 20.7 Å². The maximum absolute atomic E-state index is 12.6. The van der Waals surface area contributed by atoms with Crippen molar-refractivity contribution in [3.05, 3.63) is 69.2 Å². The molecule has 3 rings (SSSR count). The zero-order valence-corrected chi connectivity index (χ0v) is 20.1. The lowest BCUT2D eigenvalue weighted by Gasteiger charge is -2.29. The number of halogens is 2. The number of ether oxygens (including phenoxy) is 1. The molecule has 0 radical (unpaired) electrons. The monoisotopic (exact) mass is 535 g/mol. The van der Waals surface area contributed by atoms with Gasteiger partial charge in [-0.15, -0.1) is 0 Å². The first-order valence-corrected chi connectivity index (χ1v) is 11.4. The van der Waals surface area contributed by atoms with Crippen LogP contribution in [-0.4, -0.2) is 48.9 Å². The summed E-state index contributed by atoms with van der Waals surface area (Å²) in [6.07, 6.45) is 0.151. The average Bonchev–Trinajstić information content (AvgIpc) is 2.79. The number of esters is 1. The number of benzene rings is 2. The van der Waals surface area contributed by atoms with E-state index in [1.165, 1.54) is 7.11 Å². The molecule has 1 fully saturated rings. The highest BCUT2D eigenvalue weighted by Crippen LogP contribution is 2.23. The van der Waals surface area contributed by atoms with E-state index in [4.69, 9.17) is 16.3 Å². The minimum Gasteiger partial charge on any atom is -0.467 e. The Morgan fingerprint density at radius 2 is 1.76 bits per heavy atom. The highest BCUT2D eigenvalue weighted by atomic mass is 79.9. The largest absolute Gasteiger partial charge is 0.467 e. The summed E-state index contributed by atoms with van der Waals surface area (Å²) in [4.78, 5) is 49.8. The van der Waals surface area contributed by atoms with E-state index < -0.39 is 35.9 Å². The summed E-state index contributed by atoms with van der Waals surface area (Å²) in [7, 11) is 1.22. The van der Waals surface area contributed by atoms with Gasteiger partial charge in [-0.3, -0.25) is 14.4 Å². The molecule has 0 aromatic heterocycles. The van der Waals surface area contributed by atoms with Gasteiger partial charge in [0.25, 0.3) is 0 Å². The molecule has 2 aromatic carbocycles. The molecule has 1 saturated heterocycles. The minimum atomic E-state index is -1.04. The van der Waals surface area contributed by atoms with Gasteiger partial charge in [0.2, 0.25) is 17.7 Å². The van der Waals surface area contributed by atoms with Crippen LogP contribution < -0.4 is 16.0 Å². The van der Waals surface area contributed by atoms with Crippen molar-refractivity contribution in [1.82, 2.24) is 16.0 Å². The number of carbonyl (C=O) groups excluding carboxylic acids is 4. The molecule has 3 amide bonds. The van der Waals surface area contributed by atoms with Crippen molar-refractivity contribution in [3.63, 3.8) is 0 Å². The molecule has 1 heterocycles. The van der Waals surface area contributed by atoms with Crippen molar-refractivity contribution in [1.29, 1.82) is 0 Å². The summed E-state index contributed by atoms with van der Waals surface area (Å²) in [5, 5.41) is 8.33. The van der Waals surface area contributed by atoms with E-state index in [1.54, 1.807) is 18.2 Å². The molecule has 0 bridgehead atoms. The number of rotatable bonds is 8. The first-order chi connectivity index (χ1) is 15.8. The van der Waals surface area contributed by atoms with Gasteiger partial charge in [0, 0.05) is 22.3 Å². The van der Waals surface area contributed by atoms with Gasteiger partial charge in [-0.05, 0) is 29.3 Å². The molecule has 8 nitrogen and oxygen atoms in total. The number of amides is 3. The number of piperazine rings is 1. The van der Waals surface area contributed by atoms with E-state index in [9.17, 15) is 19.2 Å². The van der Waals surface area contributed by atoms with Crippen LogP contribution in [-0.2, 0) is 36.8 Å².